The van der Waals surface area contributed by atoms with Gasteiger partial charge >= 0.3 is 0 Å². The van der Waals surface area contributed by atoms with Gasteiger partial charge in [0.2, 0.25) is 5.91 Å². The predicted molar refractivity (Wildman–Crippen MR) is 94.9 cm³/mol. The molecular weight excluding hydrogens is 370 g/mol. The van der Waals surface area contributed by atoms with Gasteiger partial charge in [-0.15, -0.1) is 24.2 Å². The minimum atomic E-state index is -0.902. The second kappa shape index (κ2) is 8.64. The van der Waals surface area contributed by atoms with Crippen LogP contribution < -0.4 is 5.32 Å². The Bertz CT molecular complexity index is 743. The van der Waals surface area contributed by atoms with E-state index in [1.54, 1.807) is 11.1 Å². The summed E-state index contributed by atoms with van der Waals surface area (Å²) in [7, 11) is 1.90. The number of aryl methyl sites for hydroxylation is 1. The first-order chi connectivity index (χ1) is 11.6. The molecule has 136 valence electrons. The van der Waals surface area contributed by atoms with E-state index in [1.807, 2.05) is 17.8 Å². The number of benzene rings is 1. The molecule has 1 N–H and O–H groups in total. The number of hydrogen-bond acceptors (Lipinski definition) is 4. The molecule has 9 heteroatoms. The SMILES string of the molecule is Cl.Cn1ccnc1C1CNCCN1C(=O)CSc1ccc(F)c(F)c1. The molecule has 1 aromatic heterocycles. The summed E-state index contributed by atoms with van der Waals surface area (Å²) in [4.78, 5) is 19.3. The first-order valence-electron chi connectivity index (χ1n) is 7.61. The van der Waals surface area contributed by atoms with Crippen LogP contribution in [-0.2, 0) is 11.8 Å². The molecule has 1 saturated heterocycles. The summed E-state index contributed by atoms with van der Waals surface area (Å²) >= 11 is 1.20. The summed E-state index contributed by atoms with van der Waals surface area (Å²) in [5.74, 6) is -0.831. The van der Waals surface area contributed by atoms with Crippen LogP contribution in [-0.4, -0.2) is 45.7 Å². The Kier molecular flexibility index (Phi) is 6.80. The third-order valence-corrected chi connectivity index (χ3v) is 4.95. The number of carbonyl (C=O) groups is 1. The van der Waals surface area contributed by atoms with E-state index < -0.39 is 11.6 Å². The molecule has 0 radical (unpaired) electrons. The maximum absolute atomic E-state index is 13.2. The number of nitrogens with zero attached hydrogens (tertiary/aromatic N) is 3. The fourth-order valence-corrected chi connectivity index (χ4v) is 3.53. The summed E-state index contributed by atoms with van der Waals surface area (Å²) in [6, 6.07) is 3.53. The fourth-order valence-electron chi connectivity index (χ4n) is 2.73. The van der Waals surface area contributed by atoms with Crippen LogP contribution in [0.1, 0.15) is 11.9 Å². The number of thioether (sulfide) groups is 1. The number of halogens is 3. The minimum absolute atomic E-state index is 0. The molecule has 5 nitrogen and oxygen atoms in total. The van der Waals surface area contributed by atoms with Crippen molar-refractivity contribution >= 4 is 30.1 Å². The zero-order valence-electron chi connectivity index (χ0n) is 13.6. The van der Waals surface area contributed by atoms with Crippen LogP contribution in [0.3, 0.4) is 0 Å². The monoisotopic (exact) mass is 388 g/mol. The number of amides is 1. The van der Waals surface area contributed by atoms with Crippen molar-refractivity contribution in [3.05, 3.63) is 48.1 Å². The quantitative estimate of drug-likeness (QED) is 0.817. The van der Waals surface area contributed by atoms with Crippen molar-refractivity contribution in [1.82, 2.24) is 19.8 Å². The molecule has 0 spiro atoms. The van der Waals surface area contributed by atoms with E-state index in [0.29, 0.717) is 18.0 Å². The molecule has 0 aliphatic carbocycles. The molecule has 1 aliphatic rings. The number of nitrogens with one attached hydrogen (secondary N) is 1. The molecule has 3 rings (SSSR count). The second-order valence-corrected chi connectivity index (χ2v) is 6.62. The second-order valence-electron chi connectivity index (χ2n) is 5.57. The molecule has 0 bridgehead atoms. The van der Waals surface area contributed by atoms with Crippen LogP contribution in [0, 0.1) is 11.6 Å². The van der Waals surface area contributed by atoms with E-state index in [4.69, 9.17) is 0 Å². The number of imidazole rings is 1. The maximum atomic E-state index is 13.2. The van der Waals surface area contributed by atoms with Crippen molar-refractivity contribution in [3.63, 3.8) is 0 Å². The largest absolute Gasteiger partial charge is 0.336 e. The highest BCUT2D eigenvalue weighted by atomic mass is 35.5. The Balaban J connectivity index is 0.00000225. The Morgan fingerprint density at radius 2 is 2.20 bits per heavy atom. The highest BCUT2D eigenvalue weighted by Crippen LogP contribution is 2.24. The standard InChI is InChI=1S/C16H18F2N4OS.ClH/c1-21-6-5-20-16(21)14-9-19-4-7-22(14)15(23)10-24-11-2-3-12(17)13(18)8-11;/h2-3,5-6,8,14,19H,4,7,9-10H2,1H3;1H. The Hall–Kier alpha value is -1.64. The summed E-state index contributed by atoms with van der Waals surface area (Å²) in [5, 5.41) is 3.28. The van der Waals surface area contributed by atoms with Gasteiger partial charge in [0.1, 0.15) is 11.9 Å². The lowest BCUT2D eigenvalue weighted by atomic mass is 10.1. The molecule has 0 saturated carbocycles. The van der Waals surface area contributed by atoms with Crippen molar-refractivity contribution in [2.75, 3.05) is 25.4 Å². The van der Waals surface area contributed by atoms with Gasteiger partial charge in [0, 0.05) is 44.0 Å². The van der Waals surface area contributed by atoms with Gasteiger partial charge < -0.3 is 14.8 Å². The Labute approximate surface area is 155 Å². The van der Waals surface area contributed by atoms with Crippen molar-refractivity contribution in [2.45, 2.75) is 10.9 Å². The number of rotatable bonds is 4. The molecule has 1 fully saturated rings. The molecule has 1 unspecified atom stereocenters. The normalized spacial score (nSPS) is 17.2. The van der Waals surface area contributed by atoms with Crippen LogP contribution in [0.15, 0.2) is 35.5 Å². The number of piperazine rings is 1. The lowest BCUT2D eigenvalue weighted by Gasteiger charge is -2.35. The Morgan fingerprint density at radius 1 is 1.40 bits per heavy atom. The number of carbonyl (C=O) groups excluding carboxylic acids is 1. The summed E-state index contributed by atoms with van der Waals surface area (Å²) < 4.78 is 28.1. The van der Waals surface area contributed by atoms with E-state index in [0.717, 1.165) is 24.5 Å². The van der Waals surface area contributed by atoms with Crippen LogP contribution in [0.25, 0.3) is 0 Å². The van der Waals surface area contributed by atoms with Crippen LogP contribution in [0.5, 0.6) is 0 Å². The summed E-state index contributed by atoms with van der Waals surface area (Å²) in [6.07, 6.45) is 3.56. The van der Waals surface area contributed by atoms with E-state index in [-0.39, 0.29) is 30.1 Å². The molecule has 1 amide bonds. The first kappa shape index (κ1) is 19.7. The molecule has 2 heterocycles. The molecule has 1 aromatic carbocycles. The van der Waals surface area contributed by atoms with Crippen molar-refractivity contribution in [1.29, 1.82) is 0 Å². The van der Waals surface area contributed by atoms with Crippen molar-refractivity contribution in [3.8, 4) is 0 Å². The Morgan fingerprint density at radius 3 is 2.88 bits per heavy atom. The smallest absolute Gasteiger partial charge is 0.233 e. The average molecular weight is 389 g/mol. The highest BCUT2D eigenvalue weighted by molar-refractivity contribution is 8.00. The highest BCUT2D eigenvalue weighted by Gasteiger charge is 2.30. The van der Waals surface area contributed by atoms with Crippen LogP contribution in [0.4, 0.5) is 8.78 Å². The molecule has 1 atom stereocenters. The van der Waals surface area contributed by atoms with Crippen LogP contribution in [0.2, 0.25) is 0 Å². The van der Waals surface area contributed by atoms with Crippen molar-refractivity contribution in [2.24, 2.45) is 7.05 Å². The van der Waals surface area contributed by atoms with Gasteiger partial charge in [0.05, 0.1) is 5.75 Å². The maximum Gasteiger partial charge on any atom is 0.233 e. The third kappa shape index (κ3) is 4.50. The number of aromatic nitrogens is 2. The van der Waals surface area contributed by atoms with E-state index in [9.17, 15) is 13.6 Å². The molecular formula is C16H19ClF2N4OS. The van der Waals surface area contributed by atoms with E-state index in [2.05, 4.69) is 10.3 Å². The van der Waals surface area contributed by atoms with Gasteiger partial charge in [-0.2, -0.15) is 0 Å². The average Bonchev–Trinajstić information content (AvgIpc) is 3.01. The van der Waals surface area contributed by atoms with Gasteiger partial charge in [-0.1, -0.05) is 0 Å². The van der Waals surface area contributed by atoms with Gasteiger partial charge in [-0.05, 0) is 18.2 Å². The molecule has 2 aromatic rings. The van der Waals surface area contributed by atoms with E-state index >= 15 is 0 Å². The number of hydrogen-bond donors (Lipinski definition) is 1. The molecule has 25 heavy (non-hydrogen) atoms. The van der Waals surface area contributed by atoms with Crippen molar-refractivity contribution < 1.29 is 13.6 Å². The van der Waals surface area contributed by atoms with Gasteiger partial charge in [-0.3, -0.25) is 4.79 Å². The topological polar surface area (TPSA) is 50.2 Å². The first-order valence-corrected chi connectivity index (χ1v) is 8.60. The zero-order chi connectivity index (χ0) is 17.1. The van der Waals surface area contributed by atoms with Gasteiger partial charge in [-0.25, -0.2) is 13.8 Å². The minimum Gasteiger partial charge on any atom is -0.336 e. The van der Waals surface area contributed by atoms with E-state index in [1.165, 1.54) is 17.8 Å². The van der Waals surface area contributed by atoms with Gasteiger partial charge in [0.15, 0.2) is 11.6 Å². The van der Waals surface area contributed by atoms with Crippen LogP contribution >= 0.6 is 24.2 Å². The van der Waals surface area contributed by atoms with Gasteiger partial charge in [0.25, 0.3) is 0 Å². The predicted octanol–water partition coefficient (Wildman–Crippen LogP) is 2.39. The summed E-state index contributed by atoms with van der Waals surface area (Å²) in [5.41, 5.74) is 0. The lowest BCUT2D eigenvalue weighted by molar-refractivity contribution is -0.131. The summed E-state index contributed by atoms with van der Waals surface area (Å²) in [6.45, 7) is 1.96. The third-order valence-electron chi connectivity index (χ3n) is 3.97. The lowest BCUT2D eigenvalue weighted by Crippen LogP contribution is -2.50. The molecule has 1 aliphatic heterocycles. The fraction of sp³-hybridized carbons (Fsp3) is 0.375. The zero-order valence-corrected chi connectivity index (χ0v) is 15.2.